The summed E-state index contributed by atoms with van der Waals surface area (Å²) in [5, 5.41) is 9.02. The Morgan fingerprint density at radius 1 is 1.41 bits per heavy atom. The number of nitrogens with two attached hydrogens (primary N) is 1. The third-order valence-corrected chi connectivity index (χ3v) is 3.89. The van der Waals surface area contributed by atoms with Crippen molar-refractivity contribution in [1.82, 2.24) is 24.5 Å². The van der Waals surface area contributed by atoms with Crippen molar-refractivity contribution in [3.8, 4) is 11.5 Å². The molecule has 1 fully saturated rings. The van der Waals surface area contributed by atoms with Gasteiger partial charge in [-0.2, -0.15) is 10.2 Å². The van der Waals surface area contributed by atoms with Gasteiger partial charge in [-0.15, -0.1) is 0 Å². The van der Waals surface area contributed by atoms with Gasteiger partial charge in [-0.25, -0.2) is 9.67 Å². The molecule has 118 valence electrons. The second-order valence-corrected chi connectivity index (χ2v) is 5.92. The molecule has 2 heterocycles. The number of amides is 1. The summed E-state index contributed by atoms with van der Waals surface area (Å²) < 4.78 is 3.73. The molecular weight excluding hydrogens is 280 g/mol. The van der Waals surface area contributed by atoms with Gasteiger partial charge >= 0.3 is 0 Å². The average Bonchev–Trinajstić information content (AvgIpc) is 3.13. The van der Waals surface area contributed by atoms with Gasteiger partial charge in [-0.05, 0) is 25.3 Å². The fourth-order valence-corrected chi connectivity index (χ4v) is 2.55. The van der Waals surface area contributed by atoms with Crippen LogP contribution in [0.5, 0.6) is 0 Å². The maximum atomic E-state index is 11.1. The number of aromatic nitrogens is 5. The summed E-state index contributed by atoms with van der Waals surface area (Å²) in [6.07, 6.45) is 4.58. The molecule has 0 spiro atoms. The van der Waals surface area contributed by atoms with Gasteiger partial charge in [0.05, 0.1) is 12.1 Å². The molecule has 0 bridgehead atoms. The monoisotopic (exact) mass is 302 g/mol. The minimum absolute atomic E-state index is 0.0689. The summed E-state index contributed by atoms with van der Waals surface area (Å²) in [5.41, 5.74) is 7.33. The van der Waals surface area contributed by atoms with Gasteiger partial charge in [0.25, 0.3) is 0 Å². The Bertz CT molecular complexity index is 682. The van der Waals surface area contributed by atoms with Crippen LogP contribution in [-0.2, 0) is 24.8 Å². The van der Waals surface area contributed by atoms with Crippen LogP contribution < -0.4 is 5.73 Å². The van der Waals surface area contributed by atoms with Crippen LogP contribution in [0.3, 0.4) is 0 Å². The predicted molar refractivity (Wildman–Crippen MR) is 82.0 cm³/mol. The first-order valence-corrected chi connectivity index (χ1v) is 7.84. The Kier molecular flexibility index (Phi) is 3.96. The van der Waals surface area contributed by atoms with E-state index in [4.69, 9.17) is 5.73 Å². The Labute approximate surface area is 129 Å². The Balaban J connectivity index is 1.95. The summed E-state index contributed by atoms with van der Waals surface area (Å²) >= 11 is 0. The van der Waals surface area contributed by atoms with Gasteiger partial charge in [0.2, 0.25) is 5.91 Å². The van der Waals surface area contributed by atoms with Crippen LogP contribution in [0.2, 0.25) is 0 Å². The molecule has 0 atom stereocenters. The van der Waals surface area contributed by atoms with E-state index in [1.165, 1.54) is 12.8 Å². The molecule has 2 aromatic heterocycles. The Morgan fingerprint density at radius 3 is 2.82 bits per heavy atom. The summed E-state index contributed by atoms with van der Waals surface area (Å²) in [5.74, 6) is 1.43. The van der Waals surface area contributed by atoms with E-state index in [9.17, 15) is 4.79 Å². The lowest BCUT2D eigenvalue weighted by molar-refractivity contribution is -0.117. The fraction of sp³-hybridized carbons (Fsp3) is 0.600. The molecule has 7 nitrogen and oxygen atoms in total. The molecule has 1 saturated carbocycles. The van der Waals surface area contributed by atoms with E-state index in [2.05, 4.69) is 28.2 Å². The van der Waals surface area contributed by atoms with Crippen LogP contribution in [-0.4, -0.2) is 30.5 Å². The highest BCUT2D eigenvalue weighted by atomic mass is 16.1. The zero-order valence-corrected chi connectivity index (χ0v) is 13.1. The predicted octanol–water partition coefficient (Wildman–Crippen LogP) is 1.38. The van der Waals surface area contributed by atoms with E-state index in [1.807, 2.05) is 16.4 Å². The number of aryl methyl sites for hydroxylation is 2. The molecule has 0 saturated heterocycles. The van der Waals surface area contributed by atoms with Crippen LogP contribution in [0.4, 0.5) is 0 Å². The van der Waals surface area contributed by atoms with Crippen LogP contribution in [0, 0.1) is 0 Å². The molecule has 1 aliphatic rings. The highest BCUT2D eigenvalue weighted by molar-refractivity contribution is 5.75. The van der Waals surface area contributed by atoms with Gasteiger partial charge in [-0.1, -0.05) is 13.3 Å². The molecule has 0 unspecified atom stereocenters. The average molecular weight is 302 g/mol. The number of hydrogen-bond acceptors (Lipinski definition) is 4. The molecular formula is C15H22N6O. The second-order valence-electron chi connectivity index (χ2n) is 5.92. The number of carbonyl (C=O) groups is 1. The van der Waals surface area contributed by atoms with E-state index >= 15 is 0 Å². The molecule has 3 rings (SSSR count). The molecule has 2 N–H and O–H groups in total. The van der Waals surface area contributed by atoms with E-state index < -0.39 is 5.91 Å². The van der Waals surface area contributed by atoms with Crippen molar-refractivity contribution < 1.29 is 4.79 Å². The summed E-state index contributed by atoms with van der Waals surface area (Å²) in [4.78, 5) is 15.6. The number of primary amides is 1. The Hall–Kier alpha value is -2.18. The van der Waals surface area contributed by atoms with Crippen molar-refractivity contribution in [1.29, 1.82) is 0 Å². The highest BCUT2D eigenvalue weighted by Gasteiger charge is 2.28. The third kappa shape index (κ3) is 3.03. The van der Waals surface area contributed by atoms with Gasteiger partial charge < -0.3 is 5.73 Å². The lowest BCUT2D eigenvalue weighted by atomic mass is 10.2. The maximum Gasteiger partial charge on any atom is 0.225 e. The summed E-state index contributed by atoms with van der Waals surface area (Å²) in [6.45, 7) is 2.91. The van der Waals surface area contributed by atoms with E-state index in [0.29, 0.717) is 11.7 Å². The van der Waals surface area contributed by atoms with E-state index in [0.717, 1.165) is 36.6 Å². The minimum atomic E-state index is -0.414. The fourth-order valence-electron chi connectivity index (χ4n) is 2.55. The van der Waals surface area contributed by atoms with Crippen LogP contribution in [0.25, 0.3) is 11.5 Å². The number of nitrogens with zero attached hydrogens (tertiary/aromatic N) is 5. The van der Waals surface area contributed by atoms with Crippen molar-refractivity contribution in [3.05, 3.63) is 17.6 Å². The standard InChI is InChI=1S/C15H22N6O/c1-3-4-7-21-15(17-14(19-21)9-13(16)22)12-8-11(10-5-6-10)18-20(12)2/h8,10H,3-7,9H2,1-2H3,(H2,16,22). The van der Waals surface area contributed by atoms with Crippen molar-refractivity contribution in [2.24, 2.45) is 12.8 Å². The van der Waals surface area contributed by atoms with Crippen molar-refractivity contribution in [3.63, 3.8) is 0 Å². The number of unbranched alkanes of at least 4 members (excludes halogenated alkanes) is 1. The van der Waals surface area contributed by atoms with Crippen molar-refractivity contribution in [2.45, 2.75) is 51.5 Å². The van der Waals surface area contributed by atoms with Crippen molar-refractivity contribution >= 4 is 5.91 Å². The molecule has 1 aliphatic carbocycles. The number of carbonyl (C=O) groups excluding carboxylic acids is 1. The zero-order chi connectivity index (χ0) is 15.7. The summed E-state index contributed by atoms with van der Waals surface area (Å²) in [6, 6.07) is 2.10. The quantitative estimate of drug-likeness (QED) is 0.836. The van der Waals surface area contributed by atoms with Gasteiger partial charge in [0, 0.05) is 19.5 Å². The van der Waals surface area contributed by atoms with Crippen LogP contribution >= 0.6 is 0 Å². The van der Waals surface area contributed by atoms with Crippen LogP contribution in [0.15, 0.2) is 6.07 Å². The molecule has 0 aliphatic heterocycles. The molecule has 22 heavy (non-hydrogen) atoms. The second kappa shape index (κ2) is 5.90. The lowest BCUT2D eigenvalue weighted by Gasteiger charge is -2.04. The zero-order valence-electron chi connectivity index (χ0n) is 13.1. The van der Waals surface area contributed by atoms with Crippen LogP contribution in [0.1, 0.15) is 50.0 Å². The Morgan fingerprint density at radius 2 is 2.18 bits per heavy atom. The van der Waals surface area contributed by atoms with E-state index in [-0.39, 0.29) is 6.42 Å². The van der Waals surface area contributed by atoms with Gasteiger partial charge in [0.15, 0.2) is 11.6 Å². The molecule has 0 radical (unpaired) electrons. The molecule has 1 amide bonds. The highest BCUT2D eigenvalue weighted by Crippen LogP contribution is 2.40. The maximum absolute atomic E-state index is 11.1. The third-order valence-electron chi connectivity index (χ3n) is 3.89. The topological polar surface area (TPSA) is 91.6 Å². The number of rotatable bonds is 7. The first-order chi connectivity index (χ1) is 10.6. The van der Waals surface area contributed by atoms with Gasteiger partial charge in [0.1, 0.15) is 5.69 Å². The first-order valence-electron chi connectivity index (χ1n) is 7.84. The first kappa shape index (κ1) is 14.7. The molecule has 7 heteroatoms. The largest absolute Gasteiger partial charge is 0.369 e. The minimum Gasteiger partial charge on any atom is -0.369 e. The smallest absolute Gasteiger partial charge is 0.225 e. The molecule has 0 aromatic carbocycles. The SMILES string of the molecule is CCCCn1nc(CC(N)=O)nc1-c1cc(C2CC2)nn1C. The number of hydrogen-bond donors (Lipinski definition) is 1. The van der Waals surface area contributed by atoms with Gasteiger partial charge in [-0.3, -0.25) is 9.48 Å². The summed E-state index contributed by atoms with van der Waals surface area (Å²) in [7, 11) is 1.92. The molecule has 2 aromatic rings. The van der Waals surface area contributed by atoms with E-state index in [1.54, 1.807) is 0 Å². The normalized spacial score (nSPS) is 14.5. The van der Waals surface area contributed by atoms with Crippen molar-refractivity contribution in [2.75, 3.05) is 0 Å². The lowest BCUT2D eigenvalue weighted by Crippen LogP contribution is -2.14.